The van der Waals surface area contributed by atoms with E-state index in [-0.39, 0.29) is 24.1 Å². The minimum atomic E-state index is -0.280. The maximum Gasteiger partial charge on any atom is 0.240 e. The predicted octanol–water partition coefficient (Wildman–Crippen LogP) is 0.0420. The summed E-state index contributed by atoms with van der Waals surface area (Å²) in [4.78, 5) is 16.2. The molecule has 3 atom stereocenters. The number of hydrogen-bond donors (Lipinski definition) is 2. The van der Waals surface area contributed by atoms with Crippen LogP contribution in [0.5, 0.6) is 0 Å². The van der Waals surface area contributed by atoms with E-state index >= 15 is 0 Å². The van der Waals surface area contributed by atoms with Gasteiger partial charge in [0.25, 0.3) is 0 Å². The van der Waals surface area contributed by atoms with Gasteiger partial charge < -0.3 is 15.3 Å². The highest BCUT2D eigenvalue weighted by Gasteiger charge is 2.37. The van der Waals surface area contributed by atoms with E-state index < -0.39 is 0 Å². The SMILES string of the molecule is CN(C)C(=O)C1CNCCN1C1CCCCCC1O. The van der Waals surface area contributed by atoms with Crippen LogP contribution in [0.25, 0.3) is 0 Å². The number of piperazine rings is 1. The number of likely N-dealkylation sites (N-methyl/N-ethyl adjacent to an activating group) is 1. The Morgan fingerprint density at radius 1 is 1.26 bits per heavy atom. The van der Waals surface area contributed by atoms with Crippen molar-refractivity contribution in [3.8, 4) is 0 Å². The molecule has 1 aliphatic carbocycles. The molecule has 3 unspecified atom stereocenters. The Kier molecular flexibility index (Phi) is 5.19. The second-order valence-electron chi connectivity index (χ2n) is 5.96. The fourth-order valence-corrected chi connectivity index (χ4v) is 3.30. The van der Waals surface area contributed by atoms with Crippen molar-refractivity contribution in [1.82, 2.24) is 15.1 Å². The van der Waals surface area contributed by atoms with Crippen molar-refractivity contribution in [2.45, 2.75) is 50.3 Å². The summed E-state index contributed by atoms with van der Waals surface area (Å²) in [5.74, 6) is 0.142. The number of aliphatic hydroxyl groups excluding tert-OH is 1. The first-order valence-electron chi connectivity index (χ1n) is 7.47. The average Bonchev–Trinajstić information content (AvgIpc) is 2.62. The quantitative estimate of drug-likeness (QED) is 0.695. The molecule has 5 nitrogen and oxygen atoms in total. The number of hydrogen-bond acceptors (Lipinski definition) is 4. The van der Waals surface area contributed by atoms with Gasteiger partial charge in [-0.3, -0.25) is 9.69 Å². The maximum absolute atomic E-state index is 12.3. The van der Waals surface area contributed by atoms with Gasteiger partial charge in [-0.05, 0) is 12.8 Å². The number of rotatable bonds is 2. The van der Waals surface area contributed by atoms with Crippen LogP contribution in [0.4, 0.5) is 0 Å². The average molecular weight is 269 g/mol. The third kappa shape index (κ3) is 3.46. The zero-order valence-electron chi connectivity index (χ0n) is 12.1. The van der Waals surface area contributed by atoms with Crippen LogP contribution in [0.1, 0.15) is 32.1 Å². The van der Waals surface area contributed by atoms with Crippen molar-refractivity contribution >= 4 is 5.91 Å². The van der Waals surface area contributed by atoms with Crippen LogP contribution >= 0.6 is 0 Å². The zero-order chi connectivity index (χ0) is 13.8. The molecule has 0 aromatic carbocycles. The highest BCUT2D eigenvalue weighted by molar-refractivity contribution is 5.81. The lowest BCUT2D eigenvalue weighted by Crippen LogP contribution is -2.62. The predicted molar refractivity (Wildman–Crippen MR) is 74.9 cm³/mol. The molecule has 0 spiro atoms. The van der Waals surface area contributed by atoms with Crippen molar-refractivity contribution in [3.05, 3.63) is 0 Å². The van der Waals surface area contributed by atoms with Crippen LogP contribution in [0.15, 0.2) is 0 Å². The Labute approximate surface area is 115 Å². The smallest absolute Gasteiger partial charge is 0.240 e. The molecule has 2 N–H and O–H groups in total. The third-order valence-corrected chi connectivity index (χ3v) is 4.38. The van der Waals surface area contributed by atoms with E-state index in [1.165, 1.54) is 6.42 Å². The van der Waals surface area contributed by atoms with Crippen molar-refractivity contribution in [1.29, 1.82) is 0 Å². The lowest BCUT2D eigenvalue weighted by atomic mass is 10.00. The summed E-state index contributed by atoms with van der Waals surface area (Å²) >= 11 is 0. The minimum Gasteiger partial charge on any atom is -0.391 e. The molecular formula is C14H27N3O2. The molecule has 2 fully saturated rings. The number of carbonyl (C=O) groups excluding carboxylic acids is 1. The van der Waals surface area contributed by atoms with Crippen LogP contribution < -0.4 is 5.32 Å². The molecular weight excluding hydrogens is 242 g/mol. The molecule has 2 rings (SSSR count). The summed E-state index contributed by atoms with van der Waals surface area (Å²) in [7, 11) is 3.61. The van der Waals surface area contributed by atoms with Gasteiger partial charge in [0.1, 0.15) is 6.04 Å². The summed E-state index contributed by atoms with van der Waals surface area (Å²) in [5, 5.41) is 13.7. The van der Waals surface area contributed by atoms with Gasteiger partial charge in [0, 0.05) is 39.8 Å². The van der Waals surface area contributed by atoms with Crippen molar-refractivity contribution in [2.75, 3.05) is 33.7 Å². The Bertz CT molecular complexity index is 309. The van der Waals surface area contributed by atoms with Gasteiger partial charge in [-0.15, -0.1) is 0 Å². The fourth-order valence-electron chi connectivity index (χ4n) is 3.30. The largest absolute Gasteiger partial charge is 0.391 e. The third-order valence-electron chi connectivity index (χ3n) is 4.38. The van der Waals surface area contributed by atoms with Gasteiger partial charge in [0.2, 0.25) is 5.91 Å². The Balaban J connectivity index is 2.11. The van der Waals surface area contributed by atoms with Crippen molar-refractivity contribution < 1.29 is 9.90 Å². The molecule has 1 amide bonds. The highest BCUT2D eigenvalue weighted by atomic mass is 16.3. The first kappa shape index (κ1) is 14.8. The van der Waals surface area contributed by atoms with Gasteiger partial charge in [0.05, 0.1) is 6.10 Å². The van der Waals surface area contributed by atoms with Gasteiger partial charge in [-0.2, -0.15) is 0 Å². The maximum atomic E-state index is 12.3. The highest BCUT2D eigenvalue weighted by Crippen LogP contribution is 2.25. The Morgan fingerprint density at radius 2 is 2.00 bits per heavy atom. The van der Waals surface area contributed by atoms with Crippen LogP contribution in [0, 0.1) is 0 Å². The van der Waals surface area contributed by atoms with E-state index in [9.17, 15) is 9.90 Å². The lowest BCUT2D eigenvalue weighted by molar-refractivity contribution is -0.137. The van der Waals surface area contributed by atoms with E-state index in [2.05, 4.69) is 10.2 Å². The van der Waals surface area contributed by atoms with E-state index in [1.807, 2.05) is 0 Å². The Morgan fingerprint density at radius 3 is 2.74 bits per heavy atom. The fraction of sp³-hybridized carbons (Fsp3) is 0.929. The summed E-state index contributed by atoms with van der Waals surface area (Å²) in [6.45, 7) is 2.45. The Hall–Kier alpha value is -0.650. The first-order chi connectivity index (χ1) is 9.11. The molecule has 0 aromatic rings. The monoisotopic (exact) mass is 269 g/mol. The number of carbonyl (C=O) groups is 1. The summed E-state index contributed by atoms with van der Waals surface area (Å²) in [5.41, 5.74) is 0. The molecule has 1 aliphatic heterocycles. The lowest BCUT2D eigenvalue weighted by Gasteiger charge is -2.42. The molecule has 2 aliphatic rings. The van der Waals surface area contributed by atoms with Gasteiger partial charge in [-0.1, -0.05) is 19.3 Å². The van der Waals surface area contributed by atoms with Crippen molar-refractivity contribution in [2.24, 2.45) is 0 Å². The van der Waals surface area contributed by atoms with E-state index in [1.54, 1.807) is 19.0 Å². The molecule has 1 saturated carbocycles. The second-order valence-corrected chi connectivity index (χ2v) is 5.96. The van der Waals surface area contributed by atoms with Gasteiger partial charge in [-0.25, -0.2) is 0 Å². The molecule has 1 heterocycles. The molecule has 0 radical (unpaired) electrons. The summed E-state index contributed by atoms with van der Waals surface area (Å²) in [6.07, 6.45) is 5.07. The summed E-state index contributed by atoms with van der Waals surface area (Å²) < 4.78 is 0. The molecule has 5 heteroatoms. The van der Waals surface area contributed by atoms with Gasteiger partial charge >= 0.3 is 0 Å². The van der Waals surface area contributed by atoms with Crippen LogP contribution in [-0.2, 0) is 4.79 Å². The van der Waals surface area contributed by atoms with Crippen LogP contribution in [0.2, 0.25) is 0 Å². The topological polar surface area (TPSA) is 55.8 Å². The zero-order valence-corrected chi connectivity index (χ0v) is 12.1. The normalized spacial score (nSPS) is 33.7. The van der Waals surface area contributed by atoms with Crippen LogP contribution in [-0.4, -0.2) is 72.7 Å². The number of aliphatic hydroxyl groups is 1. The number of nitrogens with zero attached hydrogens (tertiary/aromatic N) is 2. The first-order valence-corrected chi connectivity index (χ1v) is 7.47. The minimum absolute atomic E-state index is 0.124. The van der Waals surface area contributed by atoms with Crippen LogP contribution in [0.3, 0.4) is 0 Å². The standard InChI is InChI=1S/C14H27N3O2/c1-16(2)14(19)12-10-15-8-9-17(12)11-6-4-3-5-7-13(11)18/h11-13,15,18H,3-10H2,1-2H3. The number of nitrogens with one attached hydrogen (secondary N) is 1. The van der Waals surface area contributed by atoms with Gasteiger partial charge in [0.15, 0.2) is 0 Å². The molecule has 1 saturated heterocycles. The second kappa shape index (κ2) is 6.68. The van der Waals surface area contributed by atoms with E-state index in [0.29, 0.717) is 6.54 Å². The van der Waals surface area contributed by atoms with E-state index in [4.69, 9.17) is 0 Å². The molecule has 0 bridgehead atoms. The summed E-state index contributed by atoms with van der Waals surface area (Å²) in [6, 6.07) is 0.0278. The molecule has 0 aromatic heterocycles. The molecule has 19 heavy (non-hydrogen) atoms. The van der Waals surface area contributed by atoms with Crippen molar-refractivity contribution in [3.63, 3.8) is 0 Å². The molecule has 110 valence electrons. The van der Waals surface area contributed by atoms with E-state index in [0.717, 1.165) is 38.8 Å². The number of amides is 1.